The van der Waals surface area contributed by atoms with Gasteiger partial charge in [-0.3, -0.25) is 0 Å². The van der Waals surface area contributed by atoms with E-state index in [1.807, 2.05) is 7.05 Å². The fourth-order valence-corrected chi connectivity index (χ4v) is 2.81. The predicted molar refractivity (Wildman–Crippen MR) is 79.4 cm³/mol. The van der Waals surface area contributed by atoms with Gasteiger partial charge in [0.2, 0.25) is 0 Å². The van der Waals surface area contributed by atoms with Gasteiger partial charge in [0.1, 0.15) is 0 Å². The number of aryl methyl sites for hydroxylation is 2. The van der Waals surface area contributed by atoms with Crippen molar-refractivity contribution in [1.82, 2.24) is 5.32 Å². The minimum Gasteiger partial charge on any atom is -0.371 e. The molecule has 1 aromatic carbocycles. The number of anilines is 1. The summed E-state index contributed by atoms with van der Waals surface area (Å²) in [5.74, 6) is 0.854. The smallest absolute Gasteiger partial charge is 0.0369 e. The van der Waals surface area contributed by atoms with Gasteiger partial charge in [-0.1, -0.05) is 6.07 Å². The summed E-state index contributed by atoms with van der Waals surface area (Å²) in [7, 11) is 2.05. The van der Waals surface area contributed by atoms with E-state index in [-0.39, 0.29) is 0 Å². The molecular weight excluding hydrogens is 220 g/mol. The van der Waals surface area contributed by atoms with Crippen molar-refractivity contribution in [2.75, 3.05) is 31.6 Å². The third-order valence-electron chi connectivity index (χ3n) is 4.18. The summed E-state index contributed by atoms with van der Waals surface area (Å²) in [6.07, 6.45) is 4.03. The minimum atomic E-state index is 0.854. The highest BCUT2D eigenvalue weighted by molar-refractivity contribution is 5.50. The van der Waals surface area contributed by atoms with E-state index in [9.17, 15) is 0 Å². The molecule has 2 rings (SSSR count). The first-order valence-corrected chi connectivity index (χ1v) is 7.17. The van der Waals surface area contributed by atoms with Gasteiger partial charge in [-0.15, -0.1) is 0 Å². The molecule has 0 spiro atoms. The lowest BCUT2D eigenvalue weighted by atomic mass is 9.94. The number of nitrogens with one attached hydrogen (secondary N) is 1. The van der Waals surface area contributed by atoms with E-state index >= 15 is 0 Å². The normalized spacial score (nSPS) is 20.2. The van der Waals surface area contributed by atoms with Gasteiger partial charge in [-0.05, 0) is 75.9 Å². The van der Waals surface area contributed by atoms with Crippen LogP contribution in [0.3, 0.4) is 0 Å². The Labute approximate surface area is 111 Å². The first-order valence-electron chi connectivity index (χ1n) is 7.17. The zero-order valence-electron chi connectivity index (χ0n) is 12.0. The van der Waals surface area contributed by atoms with E-state index in [0.29, 0.717) is 0 Å². The van der Waals surface area contributed by atoms with Crippen molar-refractivity contribution in [3.8, 4) is 0 Å². The maximum absolute atomic E-state index is 3.27. The number of hydrogen-bond donors (Lipinski definition) is 1. The summed E-state index contributed by atoms with van der Waals surface area (Å²) >= 11 is 0. The van der Waals surface area contributed by atoms with Crippen molar-refractivity contribution < 1.29 is 0 Å². The third kappa shape index (κ3) is 3.26. The SMILES string of the molecule is CNCCC1CCCN(c2ccc(C)c(C)c2)C1. The van der Waals surface area contributed by atoms with Gasteiger partial charge in [0.05, 0.1) is 0 Å². The lowest BCUT2D eigenvalue weighted by Crippen LogP contribution is -2.36. The van der Waals surface area contributed by atoms with Crippen LogP contribution in [0.1, 0.15) is 30.4 Å². The Morgan fingerprint density at radius 1 is 1.28 bits per heavy atom. The molecule has 0 amide bonds. The van der Waals surface area contributed by atoms with Crippen molar-refractivity contribution in [2.24, 2.45) is 5.92 Å². The molecule has 1 N–H and O–H groups in total. The van der Waals surface area contributed by atoms with Crippen molar-refractivity contribution in [2.45, 2.75) is 33.1 Å². The van der Waals surface area contributed by atoms with Crippen LogP contribution < -0.4 is 10.2 Å². The second kappa shape index (κ2) is 6.24. The van der Waals surface area contributed by atoms with Gasteiger partial charge < -0.3 is 10.2 Å². The summed E-state index contributed by atoms with van der Waals surface area (Å²) in [5, 5.41) is 3.27. The van der Waals surface area contributed by atoms with E-state index in [1.54, 1.807) is 0 Å². The highest BCUT2D eigenvalue weighted by atomic mass is 15.1. The number of rotatable bonds is 4. The van der Waals surface area contributed by atoms with Crippen LogP contribution in [0.5, 0.6) is 0 Å². The lowest BCUT2D eigenvalue weighted by Gasteiger charge is -2.34. The van der Waals surface area contributed by atoms with Crippen LogP contribution in [0.15, 0.2) is 18.2 Å². The Kier molecular flexibility index (Phi) is 4.65. The summed E-state index contributed by atoms with van der Waals surface area (Å²) in [6, 6.07) is 6.88. The topological polar surface area (TPSA) is 15.3 Å². The van der Waals surface area contributed by atoms with E-state index in [1.165, 1.54) is 49.2 Å². The van der Waals surface area contributed by atoms with E-state index in [4.69, 9.17) is 0 Å². The highest BCUT2D eigenvalue weighted by Crippen LogP contribution is 2.26. The van der Waals surface area contributed by atoms with Crippen LogP contribution in [-0.2, 0) is 0 Å². The zero-order chi connectivity index (χ0) is 13.0. The van der Waals surface area contributed by atoms with Crippen LogP contribution in [-0.4, -0.2) is 26.7 Å². The average molecular weight is 246 g/mol. The standard InChI is InChI=1S/C16H26N2/c1-13-6-7-16(11-14(13)2)18-10-4-5-15(12-18)8-9-17-3/h6-7,11,15,17H,4-5,8-10,12H2,1-3H3. The Morgan fingerprint density at radius 3 is 2.83 bits per heavy atom. The van der Waals surface area contributed by atoms with Crippen LogP contribution >= 0.6 is 0 Å². The Bertz CT molecular complexity index is 387. The lowest BCUT2D eigenvalue weighted by molar-refractivity contribution is 0.387. The predicted octanol–water partition coefficient (Wildman–Crippen LogP) is 3.13. The Hall–Kier alpha value is -1.02. The molecule has 0 aliphatic carbocycles. The molecule has 1 fully saturated rings. The summed E-state index contributed by atoms with van der Waals surface area (Å²) < 4.78 is 0. The third-order valence-corrected chi connectivity index (χ3v) is 4.18. The van der Waals surface area contributed by atoms with Crippen molar-refractivity contribution >= 4 is 5.69 Å². The zero-order valence-corrected chi connectivity index (χ0v) is 12.0. The first-order chi connectivity index (χ1) is 8.70. The van der Waals surface area contributed by atoms with Crippen LogP contribution in [0.4, 0.5) is 5.69 Å². The van der Waals surface area contributed by atoms with Gasteiger partial charge in [-0.25, -0.2) is 0 Å². The monoisotopic (exact) mass is 246 g/mol. The Morgan fingerprint density at radius 2 is 2.11 bits per heavy atom. The van der Waals surface area contributed by atoms with E-state index in [0.717, 1.165) is 12.5 Å². The van der Waals surface area contributed by atoms with Crippen LogP contribution in [0.2, 0.25) is 0 Å². The maximum Gasteiger partial charge on any atom is 0.0369 e. The van der Waals surface area contributed by atoms with Crippen molar-refractivity contribution in [1.29, 1.82) is 0 Å². The molecule has 18 heavy (non-hydrogen) atoms. The van der Waals surface area contributed by atoms with Crippen LogP contribution in [0, 0.1) is 19.8 Å². The molecule has 1 unspecified atom stereocenters. The molecule has 1 atom stereocenters. The number of hydrogen-bond acceptors (Lipinski definition) is 2. The molecule has 0 radical (unpaired) electrons. The van der Waals surface area contributed by atoms with E-state index in [2.05, 4.69) is 42.3 Å². The fraction of sp³-hybridized carbons (Fsp3) is 0.625. The largest absolute Gasteiger partial charge is 0.371 e. The average Bonchev–Trinajstić information content (AvgIpc) is 2.40. The summed E-state index contributed by atoms with van der Waals surface area (Å²) in [5.41, 5.74) is 4.21. The number of piperidine rings is 1. The first kappa shape index (κ1) is 13.4. The van der Waals surface area contributed by atoms with Gasteiger partial charge >= 0.3 is 0 Å². The van der Waals surface area contributed by atoms with Crippen LogP contribution in [0.25, 0.3) is 0 Å². The molecule has 0 bridgehead atoms. The maximum atomic E-state index is 3.27. The van der Waals surface area contributed by atoms with Crippen molar-refractivity contribution in [3.63, 3.8) is 0 Å². The highest BCUT2D eigenvalue weighted by Gasteiger charge is 2.19. The van der Waals surface area contributed by atoms with Gasteiger partial charge in [0, 0.05) is 18.8 Å². The Balaban J connectivity index is 2.01. The van der Waals surface area contributed by atoms with E-state index < -0.39 is 0 Å². The molecular formula is C16H26N2. The molecule has 0 saturated carbocycles. The van der Waals surface area contributed by atoms with Gasteiger partial charge in [0.15, 0.2) is 0 Å². The molecule has 1 aliphatic heterocycles. The quantitative estimate of drug-likeness (QED) is 0.878. The summed E-state index contributed by atoms with van der Waals surface area (Å²) in [4.78, 5) is 2.57. The molecule has 1 saturated heterocycles. The molecule has 0 aromatic heterocycles. The second-order valence-corrected chi connectivity index (χ2v) is 5.62. The van der Waals surface area contributed by atoms with Gasteiger partial charge in [-0.2, -0.15) is 0 Å². The number of benzene rings is 1. The molecule has 1 aromatic rings. The minimum absolute atomic E-state index is 0.854. The summed E-state index contributed by atoms with van der Waals surface area (Å²) in [6.45, 7) is 7.99. The molecule has 2 nitrogen and oxygen atoms in total. The molecule has 100 valence electrons. The molecule has 2 heteroatoms. The van der Waals surface area contributed by atoms with Gasteiger partial charge in [0.25, 0.3) is 0 Å². The molecule has 1 aliphatic rings. The second-order valence-electron chi connectivity index (χ2n) is 5.62. The molecule has 1 heterocycles. The van der Waals surface area contributed by atoms with Crippen molar-refractivity contribution in [3.05, 3.63) is 29.3 Å². The fourth-order valence-electron chi connectivity index (χ4n) is 2.81. The number of nitrogens with zero attached hydrogens (tertiary/aromatic N) is 1.